The van der Waals surface area contributed by atoms with Gasteiger partial charge in [-0.3, -0.25) is 10.1 Å². The van der Waals surface area contributed by atoms with Crippen molar-refractivity contribution in [1.29, 1.82) is 0 Å². The van der Waals surface area contributed by atoms with Crippen LogP contribution in [0.2, 0.25) is 0 Å². The maximum atomic E-state index is 12.3. The molecule has 0 atom stereocenters. The van der Waals surface area contributed by atoms with E-state index in [-0.39, 0.29) is 11.7 Å². The van der Waals surface area contributed by atoms with Crippen LogP contribution in [0.3, 0.4) is 0 Å². The van der Waals surface area contributed by atoms with Crippen molar-refractivity contribution in [2.75, 3.05) is 13.7 Å². The van der Waals surface area contributed by atoms with Crippen LogP contribution < -0.4 is 4.74 Å². The van der Waals surface area contributed by atoms with Gasteiger partial charge in [0.25, 0.3) is 5.69 Å². The monoisotopic (exact) mass is 535 g/mol. The number of esters is 1. The van der Waals surface area contributed by atoms with E-state index in [0.717, 1.165) is 48.9 Å². The molecule has 0 aliphatic carbocycles. The molecule has 1 aromatic heterocycles. The van der Waals surface area contributed by atoms with Gasteiger partial charge in [-0.25, -0.2) is 4.79 Å². The predicted octanol–water partition coefficient (Wildman–Crippen LogP) is 8.51. The van der Waals surface area contributed by atoms with Crippen LogP contribution in [0.4, 0.5) is 5.69 Å². The molecule has 0 aliphatic heterocycles. The summed E-state index contributed by atoms with van der Waals surface area (Å²) in [4.78, 5) is 25.3. The second-order valence-corrected chi connectivity index (χ2v) is 9.73. The van der Waals surface area contributed by atoms with Gasteiger partial charge in [0.15, 0.2) is 0 Å². The Kier molecular flexibility index (Phi) is 7.52. The van der Waals surface area contributed by atoms with Crippen molar-refractivity contribution in [1.82, 2.24) is 0 Å². The maximum Gasteiger partial charge on any atom is 0.338 e. The first kappa shape index (κ1) is 25.9. The van der Waals surface area contributed by atoms with Crippen molar-refractivity contribution >= 4 is 23.0 Å². The molecule has 1 heterocycles. The molecule has 0 spiro atoms. The van der Waals surface area contributed by atoms with Gasteiger partial charge in [0.1, 0.15) is 5.75 Å². The Morgan fingerprint density at radius 2 is 1.26 bits per heavy atom. The molecule has 0 radical (unpaired) electrons. The lowest BCUT2D eigenvalue weighted by molar-refractivity contribution is -0.384. The van der Waals surface area contributed by atoms with Crippen LogP contribution in [0.1, 0.15) is 17.3 Å². The van der Waals surface area contributed by atoms with Crippen molar-refractivity contribution in [3.63, 3.8) is 0 Å². The van der Waals surface area contributed by atoms with Gasteiger partial charge in [0, 0.05) is 33.0 Å². The lowest BCUT2D eigenvalue weighted by Crippen LogP contribution is -2.03. The molecule has 0 saturated heterocycles. The van der Waals surface area contributed by atoms with Crippen molar-refractivity contribution in [2.45, 2.75) is 6.92 Å². The largest absolute Gasteiger partial charge is 0.497 e. The molecule has 0 saturated carbocycles. The number of nitro groups is 1. The van der Waals surface area contributed by atoms with Gasteiger partial charge in [0.2, 0.25) is 0 Å². The van der Waals surface area contributed by atoms with Gasteiger partial charge in [-0.2, -0.15) is 0 Å². The first-order valence-corrected chi connectivity index (χ1v) is 13.2. The summed E-state index contributed by atoms with van der Waals surface area (Å²) in [5, 5.41) is 11.4. The third-order valence-corrected chi connectivity index (χ3v) is 7.64. The van der Waals surface area contributed by atoms with E-state index in [9.17, 15) is 14.9 Å². The molecule has 0 amide bonds. The second kappa shape index (κ2) is 11.3. The predicted molar refractivity (Wildman–Crippen MR) is 155 cm³/mol. The van der Waals surface area contributed by atoms with Crippen molar-refractivity contribution < 1.29 is 19.2 Å². The standard InChI is InChI=1S/C32H25NO5S/c1-3-38-32(34)25-11-9-24(10-12-25)31-28(21-13-17-26(18-14-21)33(35)36)29(22-15-19-27(37-2)20-16-22)30(39-31)23-7-5-4-6-8-23/h4-20H,3H2,1-2H3. The molecule has 39 heavy (non-hydrogen) atoms. The number of methoxy groups -OCH3 is 1. The zero-order valence-corrected chi connectivity index (χ0v) is 22.2. The molecule has 0 bridgehead atoms. The summed E-state index contributed by atoms with van der Waals surface area (Å²) in [6.07, 6.45) is 0. The summed E-state index contributed by atoms with van der Waals surface area (Å²) in [5.74, 6) is 0.386. The van der Waals surface area contributed by atoms with E-state index in [2.05, 4.69) is 12.1 Å². The minimum absolute atomic E-state index is 0.0311. The Bertz CT molecular complexity index is 1610. The summed E-state index contributed by atoms with van der Waals surface area (Å²) in [6.45, 7) is 2.08. The fourth-order valence-electron chi connectivity index (χ4n) is 4.46. The number of carbonyl (C=O) groups is 1. The van der Waals surface area contributed by atoms with Gasteiger partial charge in [-0.1, -0.05) is 54.6 Å². The number of benzene rings is 4. The Balaban J connectivity index is 1.78. The minimum atomic E-state index is -0.397. The topological polar surface area (TPSA) is 78.7 Å². The number of nitrogens with zero attached hydrogens (tertiary/aromatic N) is 1. The van der Waals surface area contributed by atoms with Gasteiger partial charge in [0.05, 0.1) is 24.2 Å². The van der Waals surface area contributed by atoms with Crippen molar-refractivity contribution in [3.8, 4) is 48.9 Å². The van der Waals surface area contributed by atoms with Crippen molar-refractivity contribution in [3.05, 3.63) is 119 Å². The number of non-ortho nitro benzene ring substituents is 1. The fourth-order valence-corrected chi connectivity index (χ4v) is 5.81. The molecule has 0 unspecified atom stereocenters. The van der Waals surface area contributed by atoms with E-state index in [1.54, 1.807) is 49.6 Å². The first-order chi connectivity index (χ1) is 19.0. The number of hydrogen-bond donors (Lipinski definition) is 0. The molecule has 0 fully saturated rings. The number of thiophene rings is 1. The Morgan fingerprint density at radius 3 is 1.77 bits per heavy atom. The first-order valence-electron chi connectivity index (χ1n) is 12.4. The van der Waals surface area contributed by atoms with Crippen LogP contribution in [0.25, 0.3) is 43.1 Å². The van der Waals surface area contributed by atoms with Gasteiger partial charge >= 0.3 is 5.97 Å². The second-order valence-electron chi connectivity index (χ2n) is 8.71. The smallest absolute Gasteiger partial charge is 0.338 e. The van der Waals surface area contributed by atoms with Crippen molar-refractivity contribution in [2.24, 2.45) is 0 Å². The molecule has 5 aromatic rings. The van der Waals surface area contributed by atoms with Crippen LogP contribution in [-0.4, -0.2) is 24.6 Å². The third-order valence-electron chi connectivity index (χ3n) is 6.35. The van der Waals surface area contributed by atoms with Crippen LogP contribution in [-0.2, 0) is 4.74 Å². The fraction of sp³-hybridized carbons (Fsp3) is 0.0938. The van der Waals surface area contributed by atoms with Gasteiger partial charge in [-0.05, 0) is 65.6 Å². The minimum Gasteiger partial charge on any atom is -0.497 e. The van der Waals surface area contributed by atoms with Gasteiger partial charge < -0.3 is 9.47 Å². The molecule has 7 heteroatoms. The Morgan fingerprint density at radius 1 is 0.744 bits per heavy atom. The number of nitro benzene ring substituents is 1. The molecular formula is C32H25NO5S. The molecule has 4 aromatic carbocycles. The zero-order chi connectivity index (χ0) is 27.4. The highest BCUT2D eigenvalue weighted by Crippen LogP contribution is 2.52. The van der Waals surface area contributed by atoms with E-state index in [1.807, 2.05) is 54.6 Å². The molecular weight excluding hydrogens is 510 g/mol. The molecule has 6 nitrogen and oxygen atoms in total. The lowest BCUT2D eigenvalue weighted by atomic mass is 9.91. The van der Waals surface area contributed by atoms with E-state index in [1.165, 1.54) is 12.1 Å². The van der Waals surface area contributed by atoms with E-state index < -0.39 is 4.92 Å². The third kappa shape index (κ3) is 5.30. The van der Waals surface area contributed by atoms with Crippen LogP contribution in [0.15, 0.2) is 103 Å². The lowest BCUT2D eigenvalue weighted by Gasteiger charge is -2.12. The van der Waals surface area contributed by atoms with Crippen LogP contribution in [0, 0.1) is 10.1 Å². The Labute approximate surface area is 230 Å². The zero-order valence-electron chi connectivity index (χ0n) is 21.4. The van der Waals surface area contributed by atoms with Crippen LogP contribution >= 0.6 is 11.3 Å². The molecule has 0 N–H and O–H groups in total. The van der Waals surface area contributed by atoms with E-state index in [0.29, 0.717) is 12.2 Å². The highest BCUT2D eigenvalue weighted by Gasteiger charge is 2.24. The maximum absolute atomic E-state index is 12.3. The quantitative estimate of drug-likeness (QED) is 0.113. The molecule has 0 aliphatic rings. The Hall–Kier alpha value is -4.75. The van der Waals surface area contributed by atoms with Gasteiger partial charge in [-0.15, -0.1) is 11.3 Å². The van der Waals surface area contributed by atoms with E-state index >= 15 is 0 Å². The number of carbonyl (C=O) groups excluding carboxylic acids is 1. The summed E-state index contributed by atoms with van der Waals surface area (Å²) in [5.41, 5.74) is 6.33. The SMILES string of the molecule is CCOC(=O)c1ccc(-c2sc(-c3ccccc3)c(-c3ccc(OC)cc3)c2-c2ccc([N+](=O)[O-])cc2)cc1. The summed E-state index contributed by atoms with van der Waals surface area (Å²) in [6, 6.07) is 32.0. The molecule has 194 valence electrons. The summed E-state index contributed by atoms with van der Waals surface area (Å²) < 4.78 is 10.5. The van der Waals surface area contributed by atoms with E-state index in [4.69, 9.17) is 9.47 Å². The average Bonchev–Trinajstić information content (AvgIpc) is 3.38. The molecule has 5 rings (SSSR count). The normalized spacial score (nSPS) is 10.7. The highest BCUT2D eigenvalue weighted by atomic mass is 32.1. The summed E-state index contributed by atoms with van der Waals surface area (Å²) >= 11 is 1.65. The highest BCUT2D eigenvalue weighted by molar-refractivity contribution is 7.20. The summed E-state index contributed by atoms with van der Waals surface area (Å²) in [7, 11) is 1.63. The number of ether oxygens (including phenoxy) is 2. The van der Waals surface area contributed by atoms with Crippen LogP contribution in [0.5, 0.6) is 5.75 Å². The number of rotatable bonds is 8. The average molecular weight is 536 g/mol. The number of hydrogen-bond acceptors (Lipinski definition) is 6.